The quantitative estimate of drug-likeness (QED) is 0.707. The number of rotatable bonds is 6. The molecule has 1 N–H and O–H groups in total. The van der Waals surface area contributed by atoms with Gasteiger partial charge < -0.3 is 5.32 Å². The van der Waals surface area contributed by atoms with E-state index in [4.69, 9.17) is 11.6 Å². The Morgan fingerprint density at radius 3 is 2.45 bits per heavy atom. The lowest BCUT2D eigenvalue weighted by molar-refractivity contribution is 0.616. The third-order valence-corrected chi connectivity index (χ3v) is 3.65. The highest BCUT2D eigenvalue weighted by atomic mass is 35.5. The van der Waals surface area contributed by atoms with Gasteiger partial charge in [-0.1, -0.05) is 55.6 Å². The van der Waals surface area contributed by atoms with Crippen LogP contribution in [0.15, 0.2) is 48.5 Å². The average Bonchev–Trinajstić information content (AvgIpc) is 2.46. The fourth-order valence-corrected chi connectivity index (χ4v) is 2.38. The summed E-state index contributed by atoms with van der Waals surface area (Å²) in [7, 11) is 0. The molecule has 2 aromatic rings. The Kier molecular flexibility index (Phi) is 5.42. The second-order valence-corrected chi connectivity index (χ2v) is 5.28. The van der Waals surface area contributed by atoms with Gasteiger partial charge in [0.2, 0.25) is 0 Å². The Morgan fingerprint density at radius 1 is 1.10 bits per heavy atom. The minimum Gasteiger partial charge on any atom is -0.377 e. The first kappa shape index (κ1) is 14.9. The van der Waals surface area contributed by atoms with Gasteiger partial charge in [-0.2, -0.15) is 0 Å². The number of nitrogens with one attached hydrogen (secondary N) is 1. The molecule has 106 valence electrons. The number of hydrogen-bond donors (Lipinski definition) is 1. The summed E-state index contributed by atoms with van der Waals surface area (Å²) in [5.74, 6) is -0.208. The van der Waals surface area contributed by atoms with Crippen LogP contribution >= 0.6 is 11.6 Å². The highest BCUT2D eigenvalue weighted by Crippen LogP contribution is 2.29. The summed E-state index contributed by atoms with van der Waals surface area (Å²) in [4.78, 5) is 0. The molecule has 2 aromatic carbocycles. The van der Waals surface area contributed by atoms with E-state index in [2.05, 4.69) is 12.2 Å². The summed E-state index contributed by atoms with van der Waals surface area (Å²) in [6, 6.07) is 14.5. The summed E-state index contributed by atoms with van der Waals surface area (Å²) in [6.45, 7) is 2.16. The smallest absolute Gasteiger partial charge is 0.123 e. The lowest BCUT2D eigenvalue weighted by Gasteiger charge is -2.21. The molecular formula is C17H19ClFN. The van der Waals surface area contributed by atoms with Gasteiger partial charge in [0.1, 0.15) is 5.82 Å². The predicted molar refractivity (Wildman–Crippen MR) is 83.7 cm³/mol. The van der Waals surface area contributed by atoms with Crippen molar-refractivity contribution in [3.05, 3.63) is 64.9 Å². The van der Waals surface area contributed by atoms with Gasteiger partial charge in [0.15, 0.2) is 0 Å². The molecule has 2 rings (SSSR count). The summed E-state index contributed by atoms with van der Waals surface area (Å²) < 4.78 is 13.1. The summed E-state index contributed by atoms with van der Waals surface area (Å²) in [6.07, 6.45) is 3.23. The Hall–Kier alpha value is -1.54. The molecule has 0 aromatic heterocycles. The van der Waals surface area contributed by atoms with Crippen LogP contribution in [0, 0.1) is 5.82 Å². The van der Waals surface area contributed by atoms with Crippen molar-refractivity contribution >= 4 is 17.3 Å². The molecule has 1 atom stereocenters. The van der Waals surface area contributed by atoms with Crippen molar-refractivity contribution < 1.29 is 4.39 Å². The van der Waals surface area contributed by atoms with E-state index in [1.54, 1.807) is 0 Å². The lowest BCUT2D eigenvalue weighted by Crippen LogP contribution is -2.11. The van der Waals surface area contributed by atoms with Crippen molar-refractivity contribution in [3.8, 4) is 0 Å². The maximum atomic E-state index is 13.1. The van der Waals surface area contributed by atoms with E-state index in [0.29, 0.717) is 5.02 Å². The molecule has 20 heavy (non-hydrogen) atoms. The Balaban J connectivity index is 2.19. The number of halogens is 2. The molecule has 0 saturated carbocycles. The van der Waals surface area contributed by atoms with Gasteiger partial charge in [-0.15, -0.1) is 0 Å². The Morgan fingerprint density at radius 2 is 1.80 bits per heavy atom. The van der Waals surface area contributed by atoms with E-state index >= 15 is 0 Å². The van der Waals surface area contributed by atoms with E-state index in [-0.39, 0.29) is 11.9 Å². The molecule has 3 heteroatoms. The van der Waals surface area contributed by atoms with Crippen molar-refractivity contribution in [2.45, 2.75) is 32.2 Å². The SMILES string of the molecule is CCCCC(Nc1ccccc1Cl)c1ccc(F)cc1. The summed E-state index contributed by atoms with van der Waals surface area (Å²) >= 11 is 6.19. The van der Waals surface area contributed by atoms with Crippen LogP contribution in [0.25, 0.3) is 0 Å². The van der Waals surface area contributed by atoms with Crippen LogP contribution in [0.5, 0.6) is 0 Å². The number of para-hydroxylation sites is 1. The zero-order valence-electron chi connectivity index (χ0n) is 11.6. The number of benzene rings is 2. The number of hydrogen-bond acceptors (Lipinski definition) is 1. The van der Waals surface area contributed by atoms with E-state index in [9.17, 15) is 4.39 Å². The van der Waals surface area contributed by atoms with Gasteiger partial charge >= 0.3 is 0 Å². The molecule has 1 unspecified atom stereocenters. The van der Waals surface area contributed by atoms with Crippen LogP contribution in [-0.2, 0) is 0 Å². The van der Waals surface area contributed by atoms with E-state index in [1.807, 2.05) is 36.4 Å². The van der Waals surface area contributed by atoms with Gasteiger partial charge in [-0.25, -0.2) is 4.39 Å². The van der Waals surface area contributed by atoms with Crippen LogP contribution in [0.3, 0.4) is 0 Å². The zero-order chi connectivity index (χ0) is 14.4. The highest BCUT2D eigenvalue weighted by Gasteiger charge is 2.12. The lowest BCUT2D eigenvalue weighted by atomic mass is 10.0. The molecule has 0 saturated heterocycles. The number of unbranched alkanes of at least 4 members (excludes halogenated alkanes) is 1. The molecule has 0 heterocycles. The summed E-state index contributed by atoms with van der Waals surface area (Å²) in [5, 5.41) is 4.17. The van der Waals surface area contributed by atoms with Gasteiger partial charge in [0.05, 0.1) is 16.8 Å². The first-order chi connectivity index (χ1) is 9.70. The van der Waals surface area contributed by atoms with Crippen LogP contribution in [0.2, 0.25) is 5.02 Å². The maximum absolute atomic E-state index is 13.1. The van der Waals surface area contributed by atoms with Gasteiger partial charge in [-0.3, -0.25) is 0 Å². The average molecular weight is 292 g/mol. The molecule has 0 aliphatic rings. The molecule has 0 radical (unpaired) electrons. The Bertz CT molecular complexity index is 539. The molecule has 0 aliphatic carbocycles. The van der Waals surface area contributed by atoms with Crippen LogP contribution in [0.1, 0.15) is 37.8 Å². The monoisotopic (exact) mass is 291 g/mol. The minimum atomic E-state index is -0.208. The minimum absolute atomic E-state index is 0.149. The second-order valence-electron chi connectivity index (χ2n) is 4.87. The van der Waals surface area contributed by atoms with E-state index in [0.717, 1.165) is 30.5 Å². The predicted octanol–water partition coefficient (Wildman–Crippen LogP) is 5.82. The highest BCUT2D eigenvalue weighted by molar-refractivity contribution is 6.33. The van der Waals surface area contributed by atoms with E-state index < -0.39 is 0 Å². The first-order valence-electron chi connectivity index (χ1n) is 6.97. The topological polar surface area (TPSA) is 12.0 Å². The van der Waals surface area contributed by atoms with Crippen molar-refractivity contribution in [3.63, 3.8) is 0 Å². The van der Waals surface area contributed by atoms with Crippen molar-refractivity contribution in [1.82, 2.24) is 0 Å². The fraction of sp³-hybridized carbons (Fsp3) is 0.294. The van der Waals surface area contributed by atoms with Crippen LogP contribution in [-0.4, -0.2) is 0 Å². The van der Waals surface area contributed by atoms with Gasteiger partial charge in [0.25, 0.3) is 0 Å². The van der Waals surface area contributed by atoms with Crippen molar-refractivity contribution in [2.24, 2.45) is 0 Å². The normalized spacial score (nSPS) is 12.2. The van der Waals surface area contributed by atoms with Gasteiger partial charge in [0, 0.05) is 0 Å². The second kappa shape index (κ2) is 7.30. The molecule has 0 bridgehead atoms. The van der Waals surface area contributed by atoms with Crippen LogP contribution < -0.4 is 5.32 Å². The summed E-state index contributed by atoms with van der Waals surface area (Å²) in [5.41, 5.74) is 2.00. The third kappa shape index (κ3) is 3.97. The van der Waals surface area contributed by atoms with Crippen molar-refractivity contribution in [1.29, 1.82) is 0 Å². The Labute approximate surface area is 124 Å². The first-order valence-corrected chi connectivity index (χ1v) is 7.35. The number of anilines is 1. The van der Waals surface area contributed by atoms with Crippen molar-refractivity contribution in [2.75, 3.05) is 5.32 Å². The molecule has 1 nitrogen and oxygen atoms in total. The third-order valence-electron chi connectivity index (χ3n) is 3.32. The molecule has 0 fully saturated rings. The molecule has 0 spiro atoms. The zero-order valence-corrected chi connectivity index (χ0v) is 12.3. The van der Waals surface area contributed by atoms with Gasteiger partial charge in [-0.05, 0) is 36.2 Å². The van der Waals surface area contributed by atoms with Crippen LogP contribution in [0.4, 0.5) is 10.1 Å². The maximum Gasteiger partial charge on any atom is 0.123 e. The standard InChI is InChI=1S/C17H19ClFN/c1-2-3-7-16(13-9-11-14(19)12-10-13)20-17-8-5-4-6-15(17)18/h4-6,8-12,16,20H,2-3,7H2,1H3. The molecular weight excluding hydrogens is 273 g/mol. The molecule has 0 aliphatic heterocycles. The largest absolute Gasteiger partial charge is 0.377 e. The fourth-order valence-electron chi connectivity index (χ4n) is 2.19. The van der Waals surface area contributed by atoms with E-state index in [1.165, 1.54) is 12.1 Å². The molecule has 0 amide bonds.